The van der Waals surface area contributed by atoms with E-state index in [0.29, 0.717) is 24.0 Å². The Hall–Kier alpha value is -1.88. The van der Waals surface area contributed by atoms with E-state index in [-0.39, 0.29) is 43.5 Å². The largest absolute Gasteiger partial charge is 1.00 e. The van der Waals surface area contributed by atoms with Crippen LogP contribution in [0, 0.1) is 33.4 Å². The van der Waals surface area contributed by atoms with E-state index in [9.17, 15) is 9.18 Å². The minimum atomic E-state index is -1.33. The molecule has 0 saturated heterocycles. The van der Waals surface area contributed by atoms with Crippen LogP contribution in [0.2, 0.25) is 0 Å². The molecule has 0 amide bonds. The third-order valence-corrected chi connectivity index (χ3v) is 5.40. The molecular weight excluding hydrogens is 435 g/mol. The third-order valence-electron chi connectivity index (χ3n) is 5.40. The number of ketones is 1. The summed E-state index contributed by atoms with van der Waals surface area (Å²) in [6.07, 6.45) is 16.0. The SMILES string of the molecule is [CH-]=C/C=C\CC[C-]=C([CH2-])C=[N-].[CH2-]CC1=C([CH2-])CC=C1C(=O)CCCc1cccc(C(C)(C)F)c1.[Li+].[Li+]. The first-order valence-corrected chi connectivity index (χ1v) is 11.6. The predicted molar refractivity (Wildman–Crippen MR) is 142 cm³/mol. The Kier molecular flexibility index (Phi) is 19.4. The van der Waals surface area contributed by atoms with E-state index in [1.807, 2.05) is 30.4 Å². The van der Waals surface area contributed by atoms with Crippen LogP contribution in [0.25, 0.3) is 5.41 Å². The summed E-state index contributed by atoms with van der Waals surface area (Å²) in [7, 11) is 0. The topological polar surface area (TPSA) is 39.4 Å². The van der Waals surface area contributed by atoms with Crippen molar-refractivity contribution in [2.24, 2.45) is 0 Å². The van der Waals surface area contributed by atoms with Crippen molar-refractivity contribution >= 4 is 12.0 Å². The number of alkyl halides is 1. The van der Waals surface area contributed by atoms with Crippen molar-refractivity contribution in [3.63, 3.8) is 0 Å². The number of Topliss-reactive ketones (excluding diaryl/α,β-unsaturated/α-hetero) is 1. The molecule has 0 bridgehead atoms. The zero-order chi connectivity index (χ0) is 25.6. The average Bonchev–Trinajstić information content (AvgIpc) is 3.19. The summed E-state index contributed by atoms with van der Waals surface area (Å²) in [6, 6.07) is 7.57. The Labute approximate surface area is 243 Å². The zero-order valence-corrected chi connectivity index (χ0v) is 22.6. The summed E-state index contributed by atoms with van der Waals surface area (Å²) in [5.74, 6) is 0.171. The van der Waals surface area contributed by atoms with Gasteiger partial charge in [-0.25, -0.2) is 41.0 Å². The van der Waals surface area contributed by atoms with Gasteiger partial charge in [0.1, 0.15) is 11.5 Å². The predicted octanol–water partition coefficient (Wildman–Crippen LogP) is 1.99. The Morgan fingerprint density at radius 2 is 2.00 bits per heavy atom. The average molecular weight is 472 g/mol. The molecule has 184 valence electrons. The van der Waals surface area contributed by atoms with E-state index >= 15 is 0 Å². The number of unbranched alkanes of at least 4 members (excludes halogenated alkanes) is 1. The van der Waals surface area contributed by atoms with Crippen LogP contribution < -0.4 is 37.7 Å². The molecule has 0 radical (unpaired) electrons. The normalized spacial score (nSPS) is 13.2. The molecule has 0 aromatic heterocycles. The second kappa shape index (κ2) is 19.3. The van der Waals surface area contributed by atoms with Gasteiger partial charge in [0, 0.05) is 6.42 Å². The van der Waals surface area contributed by atoms with Gasteiger partial charge < -0.3 is 37.1 Å². The molecule has 0 saturated carbocycles. The van der Waals surface area contributed by atoms with Crippen LogP contribution in [-0.4, -0.2) is 12.0 Å². The Bertz CT molecular complexity index is 965. The quantitative estimate of drug-likeness (QED) is 0.151. The fourth-order valence-corrected chi connectivity index (χ4v) is 3.48. The van der Waals surface area contributed by atoms with E-state index in [2.05, 4.69) is 26.8 Å². The molecule has 1 aromatic rings. The van der Waals surface area contributed by atoms with Crippen LogP contribution in [0.4, 0.5) is 4.39 Å². The van der Waals surface area contributed by atoms with Crippen molar-refractivity contribution in [1.82, 2.24) is 0 Å². The number of allylic oxidation sites excluding steroid dienone is 9. The number of benzene rings is 1. The van der Waals surface area contributed by atoms with Gasteiger partial charge in [-0.1, -0.05) is 42.3 Å². The molecule has 0 aliphatic heterocycles. The number of hydrogen-bond donors (Lipinski definition) is 0. The van der Waals surface area contributed by atoms with Gasteiger partial charge in [-0.05, 0) is 44.2 Å². The standard InChI is InChI=1S/C21H25FO.C10H11N.2Li/c1-5-18-15(2)12-13-19(18)20(23)11-7-9-16-8-6-10-17(14-16)21(3,4)22;1-3-4-5-6-7-8-10(2)9-11;;/h6,8,10,13-14H,1-2,5,7,9,11-12H2,3-4H3;1,3-5,9H,2,6-7H2;;/q-2;-4;2*+1/b;5-4-;;. The van der Waals surface area contributed by atoms with Crippen LogP contribution in [0.5, 0.6) is 0 Å². The molecule has 36 heavy (non-hydrogen) atoms. The number of halogens is 1. The maximum atomic E-state index is 14.0. The fourth-order valence-electron chi connectivity index (χ4n) is 3.48. The summed E-state index contributed by atoms with van der Waals surface area (Å²) in [6.45, 7) is 19.6. The number of carbonyl (C=O) groups is 1. The molecule has 0 unspecified atom stereocenters. The van der Waals surface area contributed by atoms with Crippen molar-refractivity contribution in [1.29, 1.82) is 0 Å². The van der Waals surface area contributed by atoms with Crippen LogP contribution in [0.15, 0.2) is 70.9 Å². The minimum Gasteiger partial charge on any atom is -0.943 e. The maximum Gasteiger partial charge on any atom is 1.00 e. The van der Waals surface area contributed by atoms with Gasteiger partial charge in [-0.2, -0.15) is 6.08 Å². The second-order valence-corrected chi connectivity index (χ2v) is 8.59. The molecular formula is C31H36FLi2NO-4. The maximum absolute atomic E-state index is 14.0. The summed E-state index contributed by atoms with van der Waals surface area (Å²) < 4.78 is 14.0. The van der Waals surface area contributed by atoms with Crippen LogP contribution in [0.3, 0.4) is 0 Å². The number of nitrogens with zero attached hydrogens (tertiary/aromatic N) is 1. The summed E-state index contributed by atoms with van der Waals surface area (Å²) in [5, 5.41) is 8.41. The van der Waals surface area contributed by atoms with E-state index < -0.39 is 5.67 Å². The van der Waals surface area contributed by atoms with Gasteiger partial charge in [-0.15, -0.1) is 6.42 Å². The monoisotopic (exact) mass is 471 g/mol. The van der Waals surface area contributed by atoms with Crippen LogP contribution in [0.1, 0.15) is 63.5 Å². The molecule has 1 aliphatic carbocycles. The summed E-state index contributed by atoms with van der Waals surface area (Å²) >= 11 is 0. The van der Waals surface area contributed by atoms with Crippen molar-refractivity contribution in [3.05, 3.63) is 121 Å². The molecule has 0 spiro atoms. The van der Waals surface area contributed by atoms with Gasteiger partial charge in [0.25, 0.3) is 0 Å². The van der Waals surface area contributed by atoms with Crippen molar-refractivity contribution in [3.8, 4) is 0 Å². The first-order valence-electron chi connectivity index (χ1n) is 11.6. The second-order valence-electron chi connectivity index (χ2n) is 8.59. The molecule has 5 heteroatoms. The molecule has 2 rings (SSSR count). The molecule has 0 N–H and O–H groups in total. The van der Waals surface area contributed by atoms with E-state index in [1.54, 1.807) is 26.0 Å². The van der Waals surface area contributed by atoms with Gasteiger partial charge in [0.2, 0.25) is 0 Å². The van der Waals surface area contributed by atoms with Crippen molar-refractivity contribution in [2.75, 3.05) is 0 Å². The number of aryl methyl sites for hydroxylation is 1. The molecule has 0 heterocycles. The van der Waals surface area contributed by atoms with Crippen molar-refractivity contribution in [2.45, 2.75) is 64.5 Å². The van der Waals surface area contributed by atoms with E-state index in [1.165, 1.54) is 6.08 Å². The van der Waals surface area contributed by atoms with Gasteiger partial charge in [-0.3, -0.25) is 11.4 Å². The minimum absolute atomic E-state index is 0. The Balaban J connectivity index is 0. The first kappa shape index (κ1) is 36.3. The molecule has 2 nitrogen and oxygen atoms in total. The number of carbonyl (C=O) groups excluding carboxylic acids is 1. The molecule has 1 aromatic carbocycles. The van der Waals surface area contributed by atoms with Crippen molar-refractivity contribution < 1.29 is 46.9 Å². The third kappa shape index (κ3) is 13.4. The van der Waals surface area contributed by atoms with E-state index in [0.717, 1.165) is 60.6 Å². The van der Waals surface area contributed by atoms with E-state index in [4.69, 9.17) is 12.0 Å². The van der Waals surface area contributed by atoms with Gasteiger partial charge in [0.15, 0.2) is 0 Å². The Morgan fingerprint density at radius 3 is 2.58 bits per heavy atom. The molecule has 0 atom stereocenters. The zero-order valence-electron chi connectivity index (χ0n) is 22.6. The van der Waals surface area contributed by atoms with Crippen LogP contribution >= 0.6 is 0 Å². The van der Waals surface area contributed by atoms with Gasteiger partial charge in [0.05, 0.1) is 0 Å². The smallest absolute Gasteiger partial charge is 0.943 e. The molecule has 0 fully saturated rings. The Morgan fingerprint density at radius 1 is 1.31 bits per heavy atom. The fraction of sp³-hybridized carbons (Fsp3) is 0.323. The number of rotatable bonds is 12. The van der Waals surface area contributed by atoms with Crippen LogP contribution in [-0.2, 0) is 16.9 Å². The summed E-state index contributed by atoms with van der Waals surface area (Å²) in [5.41, 5.74) is 3.78. The first-order chi connectivity index (χ1) is 16.1. The molecule has 1 aliphatic rings. The summed E-state index contributed by atoms with van der Waals surface area (Å²) in [4.78, 5) is 12.4. The number of hydrogen-bond acceptors (Lipinski definition) is 1. The van der Waals surface area contributed by atoms with Gasteiger partial charge >= 0.3 is 37.7 Å².